The minimum absolute atomic E-state index is 0.118. The summed E-state index contributed by atoms with van der Waals surface area (Å²) in [6.07, 6.45) is -0.954. The number of nitrogens with one attached hydrogen (secondary N) is 1. The Labute approximate surface area is 155 Å². The van der Waals surface area contributed by atoms with Gasteiger partial charge in [0.1, 0.15) is 11.6 Å². The van der Waals surface area contributed by atoms with Crippen molar-refractivity contribution in [1.82, 2.24) is 0 Å². The lowest BCUT2D eigenvalue weighted by atomic mass is 9.99. The summed E-state index contributed by atoms with van der Waals surface area (Å²) in [7, 11) is 0. The maximum atomic E-state index is 12.9. The number of ether oxygens (including phenoxy) is 2. The highest BCUT2D eigenvalue weighted by molar-refractivity contribution is 6.05. The molecular formula is C20H18FNO5. The first-order valence-corrected chi connectivity index (χ1v) is 8.42. The Kier molecular flexibility index (Phi) is 5.21. The molecule has 0 radical (unpaired) electrons. The van der Waals surface area contributed by atoms with E-state index in [4.69, 9.17) is 9.47 Å². The van der Waals surface area contributed by atoms with Crippen molar-refractivity contribution in [1.29, 1.82) is 0 Å². The predicted molar refractivity (Wildman–Crippen MR) is 95.3 cm³/mol. The van der Waals surface area contributed by atoms with E-state index in [1.807, 2.05) is 0 Å². The maximum absolute atomic E-state index is 12.9. The van der Waals surface area contributed by atoms with Crippen molar-refractivity contribution < 1.29 is 28.2 Å². The number of amides is 1. The molecule has 1 N–H and O–H groups in total. The molecule has 2 atom stereocenters. The highest BCUT2D eigenvalue weighted by Gasteiger charge is 2.27. The molecule has 0 unspecified atom stereocenters. The van der Waals surface area contributed by atoms with Gasteiger partial charge < -0.3 is 14.8 Å². The summed E-state index contributed by atoms with van der Waals surface area (Å²) < 4.78 is 23.2. The summed E-state index contributed by atoms with van der Waals surface area (Å²) >= 11 is 0. The van der Waals surface area contributed by atoms with Crippen molar-refractivity contribution >= 4 is 23.3 Å². The smallest absolute Gasteiger partial charge is 0.347 e. The van der Waals surface area contributed by atoms with Gasteiger partial charge in [0.25, 0.3) is 0 Å². The van der Waals surface area contributed by atoms with Crippen LogP contribution in [-0.4, -0.2) is 30.4 Å². The van der Waals surface area contributed by atoms with Crippen LogP contribution in [0.2, 0.25) is 0 Å². The minimum Gasteiger partial charge on any atom is -0.479 e. The van der Waals surface area contributed by atoms with E-state index in [2.05, 4.69) is 5.32 Å². The Morgan fingerprint density at radius 3 is 2.59 bits per heavy atom. The van der Waals surface area contributed by atoms with Gasteiger partial charge in [-0.15, -0.1) is 0 Å². The molecule has 7 heteroatoms. The molecule has 1 aliphatic rings. The van der Waals surface area contributed by atoms with Crippen molar-refractivity contribution in [3.63, 3.8) is 0 Å². The second kappa shape index (κ2) is 7.57. The molecule has 0 spiro atoms. The second-order valence-corrected chi connectivity index (χ2v) is 6.26. The van der Waals surface area contributed by atoms with E-state index >= 15 is 0 Å². The average molecular weight is 371 g/mol. The summed E-state index contributed by atoms with van der Waals surface area (Å²) in [5.74, 6) is -1.64. The van der Waals surface area contributed by atoms with Crippen molar-refractivity contribution in [2.45, 2.75) is 25.9 Å². The normalized spacial score (nSPS) is 16.3. The van der Waals surface area contributed by atoms with Gasteiger partial charge in [0, 0.05) is 11.3 Å². The standard InChI is InChI=1S/C20H18FNO5/c1-11-16-9-13(3-8-17(16)22-19(11)24)18(23)10-26-20(25)12(2)27-15-6-4-14(21)5-7-15/h3-9,11-12H,10H2,1-2H3,(H,22,24)/t11-,12+/m0/s1. The van der Waals surface area contributed by atoms with Gasteiger partial charge in [-0.25, -0.2) is 9.18 Å². The molecule has 0 saturated heterocycles. The first kappa shape index (κ1) is 18.6. The Bertz CT molecular complexity index is 894. The van der Waals surface area contributed by atoms with Gasteiger partial charge in [-0.2, -0.15) is 0 Å². The Morgan fingerprint density at radius 2 is 1.89 bits per heavy atom. The van der Waals surface area contributed by atoms with Gasteiger partial charge >= 0.3 is 5.97 Å². The summed E-state index contributed by atoms with van der Waals surface area (Å²) in [5, 5.41) is 2.73. The third kappa shape index (κ3) is 4.13. The van der Waals surface area contributed by atoms with Gasteiger partial charge in [-0.3, -0.25) is 9.59 Å². The number of esters is 1. The number of halogens is 1. The van der Waals surface area contributed by atoms with Crippen LogP contribution in [0.5, 0.6) is 5.75 Å². The lowest BCUT2D eigenvalue weighted by molar-refractivity contribution is -0.149. The van der Waals surface area contributed by atoms with Crippen LogP contribution in [0.3, 0.4) is 0 Å². The fourth-order valence-corrected chi connectivity index (χ4v) is 2.69. The van der Waals surface area contributed by atoms with Crippen LogP contribution in [0.4, 0.5) is 10.1 Å². The van der Waals surface area contributed by atoms with Crippen LogP contribution in [0.25, 0.3) is 0 Å². The van der Waals surface area contributed by atoms with Gasteiger partial charge in [0.05, 0.1) is 5.92 Å². The zero-order valence-corrected chi connectivity index (χ0v) is 14.8. The molecule has 1 heterocycles. The molecule has 2 aromatic rings. The summed E-state index contributed by atoms with van der Waals surface area (Å²) in [6.45, 7) is 2.79. The molecule has 0 aliphatic carbocycles. The minimum atomic E-state index is -0.954. The number of ketones is 1. The van der Waals surface area contributed by atoms with Gasteiger partial charge in [0.2, 0.25) is 5.91 Å². The molecule has 0 saturated carbocycles. The van der Waals surface area contributed by atoms with Crippen molar-refractivity contribution in [3.05, 3.63) is 59.4 Å². The topological polar surface area (TPSA) is 81.7 Å². The number of benzene rings is 2. The van der Waals surface area contributed by atoms with Crippen LogP contribution in [0, 0.1) is 5.82 Å². The van der Waals surface area contributed by atoms with E-state index in [0.29, 0.717) is 17.0 Å². The van der Waals surface area contributed by atoms with Crippen molar-refractivity contribution in [2.24, 2.45) is 0 Å². The van der Waals surface area contributed by atoms with Crippen molar-refractivity contribution in [2.75, 3.05) is 11.9 Å². The monoisotopic (exact) mass is 371 g/mol. The second-order valence-electron chi connectivity index (χ2n) is 6.26. The van der Waals surface area contributed by atoms with Crippen LogP contribution >= 0.6 is 0 Å². The molecular weight excluding hydrogens is 353 g/mol. The maximum Gasteiger partial charge on any atom is 0.347 e. The average Bonchev–Trinajstić information content (AvgIpc) is 2.94. The Balaban J connectivity index is 1.56. The molecule has 2 aromatic carbocycles. The number of carbonyl (C=O) groups excluding carboxylic acids is 3. The fourth-order valence-electron chi connectivity index (χ4n) is 2.69. The molecule has 140 valence electrons. The quantitative estimate of drug-likeness (QED) is 0.623. The van der Waals surface area contributed by atoms with Gasteiger partial charge in [-0.05, 0) is 61.9 Å². The zero-order valence-electron chi connectivity index (χ0n) is 14.8. The molecule has 27 heavy (non-hydrogen) atoms. The van der Waals surface area contributed by atoms with Crippen LogP contribution in [0.1, 0.15) is 35.7 Å². The van der Waals surface area contributed by atoms with Crippen LogP contribution < -0.4 is 10.1 Å². The number of hydrogen-bond acceptors (Lipinski definition) is 5. The molecule has 0 aromatic heterocycles. The van der Waals surface area contributed by atoms with Gasteiger partial charge in [-0.1, -0.05) is 0 Å². The Morgan fingerprint density at radius 1 is 1.19 bits per heavy atom. The molecule has 1 amide bonds. The van der Waals surface area contributed by atoms with E-state index in [1.54, 1.807) is 25.1 Å². The first-order chi connectivity index (χ1) is 12.8. The molecule has 0 bridgehead atoms. The molecule has 1 aliphatic heterocycles. The number of anilines is 1. The Hall–Kier alpha value is -3.22. The number of fused-ring (bicyclic) bond motifs is 1. The van der Waals surface area contributed by atoms with Gasteiger partial charge in [0.15, 0.2) is 18.5 Å². The number of carbonyl (C=O) groups is 3. The summed E-state index contributed by atoms with van der Waals surface area (Å²) in [5.41, 5.74) is 1.78. The van der Waals surface area contributed by atoms with E-state index in [9.17, 15) is 18.8 Å². The lowest BCUT2D eigenvalue weighted by Gasteiger charge is -2.14. The lowest BCUT2D eigenvalue weighted by Crippen LogP contribution is -2.28. The molecule has 0 fully saturated rings. The fraction of sp³-hybridized carbons (Fsp3) is 0.250. The van der Waals surface area contributed by atoms with Crippen molar-refractivity contribution in [3.8, 4) is 5.75 Å². The molecule has 6 nitrogen and oxygen atoms in total. The first-order valence-electron chi connectivity index (χ1n) is 8.42. The van der Waals surface area contributed by atoms with E-state index < -0.39 is 24.5 Å². The largest absolute Gasteiger partial charge is 0.479 e. The number of Topliss-reactive ketones (excluding diaryl/α,β-unsaturated/α-hetero) is 1. The third-order valence-electron chi connectivity index (χ3n) is 4.30. The predicted octanol–water partition coefficient (Wildman–Crippen LogP) is 3.07. The van der Waals surface area contributed by atoms with Crippen LogP contribution in [0.15, 0.2) is 42.5 Å². The van der Waals surface area contributed by atoms with E-state index in [1.165, 1.54) is 31.2 Å². The number of hydrogen-bond donors (Lipinski definition) is 1. The zero-order chi connectivity index (χ0) is 19.6. The molecule has 3 rings (SSSR count). The highest BCUT2D eigenvalue weighted by Crippen LogP contribution is 2.32. The van der Waals surface area contributed by atoms with Crippen LogP contribution in [-0.2, 0) is 14.3 Å². The number of rotatable bonds is 6. The van der Waals surface area contributed by atoms with E-state index in [-0.39, 0.29) is 17.6 Å². The SMILES string of the molecule is C[C@@H]1C(=O)Nc2ccc(C(=O)COC(=O)[C@@H](C)Oc3ccc(F)cc3)cc21. The summed E-state index contributed by atoms with van der Waals surface area (Å²) in [4.78, 5) is 36.0. The highest BCUT2D eigenvalue weighted by atomic mass is 19.1. The van der Waals surface area contributed by atoms with E-state index in [0.717, 1.165) is 5.56 Å². The summed E-state index contributed by atoms with van der Waals surface area (Å²) in [6, 6.07) is 10.1. The third-order valence-corrected chi connectivity index (χ3v) is 4.30.